The smallest absolute Gasteiger partial charge is 0.0891 e. The summed E-state index contributed by atoms with van der Waals surface area (Å²) in [6.45, 7) is 7.71. The summed E-state index contributed by atoms with van der Waals surface area (Å²) in [6, 6.07) is 4.06. The molecular weight excluding hydrogens is 220 g/mol. The van der Waals surface area contributed by atoms with Gasteiger partial charge in [-0.2, -0.15) is 0 Å². The lowest BCUT2D eigenvalue weighted by Crippen LogP contribution is -1.87. The molecular formula is C14H17ClO. The second kappa shape index (κ2) is 5.22. The van der Waals surface area contributed by atoms with Crippen molar-refractivity contribution in [2.75, 3.05) is 0 Å². The zero-order valence-corrected chi connectivity index (χ0v) is 10.9. The molecule has 1 aromatic rings. The Labute approximate surface area is 102 Å². The zero-order chi connectivity index (χ0) is 12.3. The summed E-state index contributed by atoms with van der Waals surface area (Å²) in [4.78, 5) is 0. The molecule has 2 heteroatoms. The number of benzene rings is 1. The van der Waals surface area contributed by atoms with Gasteiger partial charge in [0, 0.05) is 5.02 Å². The highest BCUT2D eigenvalue weighted by atomic mass is 35.5. The summed E-state index contributed by atoms with van der Waals surface area (Å²) >= 11 is 6.13. The first kappa shape index (κ1) is 12.9. The van der Waals surface area contributed by atoms with Crippen LogP contribution in [0.5, 0.6) is 0 Å². The number of hydrogen-bond donors (Lipinski definition) is 1. The van der Waals surface area contributed by atoms with Crippen LogP contribution >= 0.6 is 11.6 Å². The van der Waals surface area contributed by atoms with E-state index in [1.54, 1.807) is 13.0 Å². The second-order valence-electron chi connectivity index (χ2n) is 4.06. The van der Waals surface area contributed by atoms with Crippen LogP contribution < -0.4 is 0 Å². The molecule has 0 aliphatic heterocycles. The highest BCUT2D eigenvalue weighted by Gasteiger charge is 2.03. The van der Waals surface area contributed by atoms with Gasteiger partial charge >= 0.3 is 0 Å². The maximum Gasteiger partial charge on any atom is 0.0891 e. The fraction of sp³-hybridized carbons (Fsp3) is 0.286. The third kappa shape index (κ3) is 3.14. The molecule has 0 fully saturated rings. The molecule has 1 rings (SSSR count). The predicted molar refractivity (Wildman–Crippen MR) is 71.0 cm³/mol. The Morgan fingerprint density at radius 2 is 1.81 bits per heavy atom. The Morgan fingerprint density at radius 1 is 1.19 bits per heavy atom. The van der Waals surface area contributed by atoms with E-state index in [-0.39, 0.29) is 0 Å². The lowest BCUT2D eigenvalue weighted by molar-refractivity contribution is 0.414. The van der Waals surface area contributed by atoms with Crippen molar-refractivity contribution >= 4 is 17.2 Å². The van der Waals surface area contributed by atoms with Crippen molar-refractivity contribution in [2.45, 2.75) is 27.7 Å². The molecule has 1 nitrogen and oxygen atoms in total. The standard InChI is InChI=1S/C14H17ClO/c1-9(5-6-11(3)16)13-7-10(2)12(4)14(15)8-13/h5-8,16H,1-4H3/b9-5+,11-6-. The van der Waals surface area contributed by atoms with Crippen LogP contribution in [0.2, 0.25) is 5.02 Å². The Hall–Kier alpha value is -1.21. The van der Waals surface area contributed by atoms with Crippen LogP contribution in [-0.2, 0) is 0 Å². The van der Waals surface area contributed by atoms with Crippen LogP contribution in [0.3, 0.4) is 0 Å². The third-order valence-corrected chi connectivity index (χ3v) is 3.03. The second-order valence-corrected chi connectivity index (χ2v) is 4.46. The molecule has 1 N–H and O–H groups in total. The molecule has 0 radical (unpaired) electrons. The molecule has 0 amide bonds. The van der Waals surface area contributed by atoms with Gasteiger partial charge in [0.15, 0.2) is 0 Å². The average Bonchev–Trinajstić information content (AvgIpc) is 2.21. The Morgan fingerprint density at radius 3 is 2.31 bits per heavy atom. The predicted octanol–water partition coefficient (Wildman–Crippen LogP) is 4.82. The van der Waals surface area contributed by atoms with Gasteiger partial charge in [0.05, 0.1) is 5.76 Å². The maximum absolute atomic E-state index is 9.09. The van der Waals surface area contributed by atoms with Crippen molar-refractivity contribution in [1.82, 2.24) is 0 Å². The number of hydrogen-bond acceptors (Lipinski definition) is 1. The van der Waals surface area contributed by atoms with Crippen LogP contribution in [0, 0.1) is 13.8 Å². The van der Waals surface area contributed by atoms with Crippen molar-refractivity contribution in [2.24, 2.45) is 0 Å². The highest BCUT2D eigenvalue weighted by Crippen LogP contribution is 2.25. The quantitative estimate of drug-likeness (QED) is 0.577. The van der Waals surface area contributed by atoms with Gasteiger partial charge in [-0.15, -0.1) is 0 Å². The number of aryl methyl sites for hydroxylation is 1. The zero-order valence-electron chi connectivity index (χ0n) is 10.1. The van der Waals surface area contributed by atoms with Crippen molar-refractivity contribution in [3.8, 4) is 0 Å². The topological polar surface area (TPSA) is 20.2 Å². The monoisotopic (exact) mass is 236 g/mol. The lowest BCUT2D eigenvalue weighted by atomic mass is 10.0. The van der Waals surface area contributed by atoms with E-state index in [9.17, 15) is 0 Å². The number of allylic oxidation sites excluding steroid dienone is 4. The first-order chi connectivity index (χ1) is 7.41. The van der Waals surface area contributed by atoms with Gasteiger partial charge in [-0.3, -0.25) is 0 Å². The lowest BCUT2D eigenvalue weighted by Gasteiger charge is -2.07. The van der Waals surface area contributed by atoms with Gasteiger partial charge in [-0.1, -0.05) is 23.7 Å². The summed E-state index contributed by atoms with van der Waals surface area (Å²) in [5.41, 5.74) is 4.47. The fourth-order valence-electron chi connectivity index (χ4n) is 1.39. The van der Waals surface area contributed by atoms with Gasteiger partial charge < -0.3 is 5.11 Å². The van der Waals surface area contributed by atoms with E-state index < -0.39 is 0 Å². The summed E-state index contributed by atoms with van der Waals surface area (Å²) in [5.74, 6) is 0.300. The molecule has 0 aliphatic rings. The van der Waals surface area contributed by atoms with E-state index >= 15 is 0 Å². The molecule has 16 heavy (non-hydrogen) atoms. The SMILES string of the molecule is C/C(O)=C/C=C(\C)c1cc(C)c(C)c(Cl)c1. The van der Waals surface area contributed by atoms with Crippen molar-refractivity contribution in [1.29, 1.82) is 0 Å². The summed E-state index contributed by atoms with van der Waals surface area (Å²) in [5, 5.41) is 9.88. The summed E-state index contributed by atoms with van der Waals surface area (Å²) < 4.78 is 0. The molecule has 0 unspecified atom stereocenters. The molecule has 0 saturated carbocycles. The van der Waals surface area contributed by atoms with Crippen molar-refractivity contribution in [3.05, 3.63) is 51.8 Å². The van der Waals surface area contributed by atoms with Gasteiger partial charge in [-0.05, 0) is 62.1 Å². The molecule has 0 atom stereocenters. The summed E-state index contributed by atoms with van der Waals surface area (Å²) in [7, 11) is 0. The number of aliphatic hydroxyl groups excluding tert-OH is 1. The third-order valence-electron chi connectivity index (χ3n) is 2.63. The van der Waals surface area contributed by atoms with Crippen LogP contribution in [-0.4, -0.2) is 5.11 Å². The molecule has 0 saturated heterocycles. The van der Waals surface area contributed by atoms with Gasteiger partial charge in [0.2, 0.25) is 0 Å². The van der Waals surface area contributed by atoms with Crippen LogP contribution in [0.25, 0.3) is 5.57 Å². The molecule has 0 heterocycles. The minimum absolute atomic E-state index is 0.300. The molecule has 1 aromatic carbocycles. The maximum atomic E-state index is 9.09. The largest absolute Gasteiger partial charge is 0.513 e. The molecule has 0 aliphatic carbocycles. The number of halogens is 1. The van der Waals surface area contributed by atoms with Crippen molar-refractivity contribution < 1.29 is 5.11 Å². The van der Waals surface area contributed by atoms with E-state index in [1.807, 2.05) is 32.9 Å². The van der Waals surface area contributed by atoms with Crippen LogP contribution in [0.15, 0.2) is 30.0 Å². The van der Waals surface area contributed by atoms with Gasteiger partial charge in [0.25, 0.3) is 0 Å². The average molecular weight is 237 g/mol. The summed E-state index contributed by atoms with van der Waals surface area (Å²) in [6.07, 6.45) is 3.56. The number of aliphatic hydroxyl groups is 1. The Balaban J connectivity index is 3.15. The van der Waals surface area contributed by atoms with E-state index in [2.05, 4.69) is 6.07 Å². The van der Waals surface area contributed by atoms with E-state index in [4.69, 9.17) is 16.7 Å². The van der Waals surface area contributed by atoms with Gasteiger partial charge in [0.1, 0.15) is 0 Å². The first-order valence-electron chi connectivity index (χ1n) is 5.23. The molecule has 0 aromatic heterocycles. The van der Waals surface area contributed by atoms with E-state index in [0.717, 1.165) is 21.7 Å². The van der Waals surface area contributed by atoms with E-state index in [1.165, 1.54) is 5.56 Å². The Bertz CT molecular complexity index is 429. The Kier molecular flexibility index (Phi) is 4.19. The highest BCUT2D eigenvalue weighted by molar-refractivity contribution is 6.31. The molecule has 0 spiro atoms. The minimum Gasteiger partial charge on any atom is -0.513 e. The van der Waals surface area contributed by atoms with Crippen LogP contribution in [0.4, 0.5) is 0 Å². The molecule has 86 valence electrons. The van der Waals surface area contributed by atoms with Crippen LogP contribution in [0.1, 0.15) is 30.5 Å². The van der Waals surface area contributed by atoms with Gasteiger partial charge in [-0.25, -0.2) is 0 Å². The normalized spacial score (nSPS) is 13.1. The minimum atomic E-state index is 0.300. The van der Waals surface area contributed by atoms with Crippen molar-refractivity contribution in [3.63, 3.8) is 0 Å². The molecule has 0 bridgehead atoms. The fourth-order valence-corrected chi connectivity index (χ4v) is 1.65. The van der Waals surface area contributed by atoms with E-state index in [0.29, 0.717) is 5.76 Å². The first-order valence-corrected chi connectivity index (χ1v) is 5.61. The number of rotatable bonds is 2.